The Morgan fingerprint density at radius 2 is 2.50 bits per heavy atom. The summed E-state index contributed by atoms with van der Waals surface area (Å²) in [6.45, 7) is 2.92. The van der Waals surface area contributed by atoms with Crippen LogP contribution >= 0.6 is 0 Å². The van der Waals surface area contributed by atoms with Crippen LogP contribution in [0, 0.1) is 0 Å². The molecule has 0 bridgehead atoms. The lowest BCUT2D eigenvalue weighted by Gasteiger charge is -2.22. The molecule has 2 heterocycles. The Bertz CT molecular complexity index is 305. The normalized spacial score (nSPS) is 21.2. The molecule has 4 nitrogen and oxygen atoms in total. The van der Waals surface area contributed by atoms with Crippen LogP contribution in [0.5, 0.6) is 0 Å². The number of rotatable bonds is 5. The van der Waals surface area contributed by atoms with E-state index < -0.39 is 0 Å². The van der Waals surface area contributed by atoms with E-state index >= 15 is 0 Å². The Balaban J connectivity index is 1.59. The van der Waals surface area contributed by atoms with Gasteiger partial charge in [-0.25, -0.2) is 0 Å². The summed E-state index contributed by atoms with van der Waals surface area (Å²) < 4.78 is 7.59. The van der Waals surface area contributed by atoms with Gasteiger partial charge in [-0.05, 0) is 25.3 Å². The van der Waals surface area contributed by atoms with Crippen molar-refractivity contribution in [2.45, 2.75) is 31.8 Å². The first kappa shape index (κ1) is 11.6. The molecular formula is C12H21N3O. The molecule has 90 valence electrons. The van der Waals surface area contributed by atoms with Crippen LogP contribution in [0.2, 0.25) is 0 Å². The first-order valence-electron chi connectivity index (χ1n) is 6.15. The zero-order valence-corrected chi connectivity index (χ0v) is 9.98. The van der Waals surface area contributed by atoms with Crippen LogP contribution < -0.4 is 5.32 Å². The average Bonchev–Trinajstić information content (AvgIpc) is 2.72. The highest BCUT2D eigenvalue weighted by atomic mass is 16.5. The summed E-state index contributed by atoms with van der Waals surface area (Å²) in [5.41, 5.74) is 1.28. The number of aryl methyl sites for hydroxylation is 1. The van der Waals surface area contributed by atoms with Gasteiger partial charge >= 0.3 is 0 Å². The summed E-state index contributed by atoms with van der Waals surface area (Å²) in [5, 5.41) is 7.60. The number of aromatic nitrogens is 2. The molecule has 1 saturated heterocycles. The maximum Gasteiger partial charge on any atom is 0.0699 e. The minimum Gasteiger partial charge on any atom is -0.377 e. The summed E-state index contributed by atoms with van der Waals surface area (Å²) in [6.07, 6.45) is 7.06. The molecule has 0 saturated carbocycles. The van der Waals surface area contributed by atoms with E-state index in [0.717, 1.165) is 26.1 Å². The first-order valence-corrected chi connectivity index (χ1v) is 6.15. The monoisotopic (exact) mass is 223 g/mol. The van der Waals surface area contributed by atoms with Gasteiger partial charge in [0.1, 0.15) is 0 Å². The van der Waals surface area contributed by atoms with Gasteiger partial charge in [-0.15, -0.1) is 0 Å². The molecule has 0 amide bonds. The van der Waals surface area contributed by atoms with Crippen LogP contribution in [0.25, 0.3) is 0 Å². The number of hydrogen-bond acceptors (Lipinski definition) is 3. The van der Waals surface area contributed by atoms with Crippen LogP contribution in [0.4, 0.5) is 0 Å². The molecule has 0 aliphatic carbocycles. The van der Waals surface area contributed by atoms with Crippen molar-refractivity contribution >= 4 is 0 Å². The topological polar surface area (TPSA) is 39.1 Å². The van der Waals surface area contributed by atoms with E-state index in [4.69, 9.17) is 4.74 Å². The van der Waals surface area contributed by atoms with E-state index in [0.29, 0.717) is 6.10 Å². The molecule has 1 aromatic heterocycles. The molecule has 4 heteroatoms. The molecule has 1 fully saturated rings. The van der Waals surface area contributed by atoms with Gasteiger partial charge in [0.25, 0.3) is 0 Å². The maximum atomic E-state index is 5.66. The average molecular weight is 223 g/mol. The fourth-order valence-corrected chi connectivity index (χ4v) is 2.09. The highest BCUT2D eigenvalue weighted by molar-refractivity contribution is 5.00. The Morgan fingerprint density at radius 1 is 1.56 bits per heavy atom. The number of nitrogens with one attached hydrogen (secondary N) is 1. The van der Waals surface area contributed by atoms with Crippen LogP contribution in [0.1, 0.15) is 25.0 Å². The van der Waals surface area contributed by atoms with E-state index in [1.54, 1.807) is 0 Å². The van der Waals surface area contributed by atoms with Gasteiger partial charge in [0.05, 0.1) is 6.10 Å². The molecule has 1 aliphatic heterocycles. The van der Waals surface area contributed by atoms with Crippen molar-refractivity contribution in [1.29, 1.82) is 0 Å². The van der Waals surface area contributed by atoms with Gasteiger partial charge in [-0.3, -0.25) is 4.68 Å². The Hall–Kier alpha value is -0.870. The number of nitrogens with zero attached hydrogens (tertiary/aromatic N) is 2. The van der Waals surface area contributed by atoms with E-state index in [2.05, 4.69) is 16.5 Å². The van der Waals surface area contributed by atoms with E-state index in [1.165, 1.54) is 25.0 Å². The Labute approximate surface area is 97.0 Å². The van der Waals surface area contributed by atoms with Crippen molar-refractivity contribution < 1.29 is 4.74 Å². The molecule has 0 spiro atoms. The third kappa shape index (κ3) is 3.32. The second-order valence-corrected chi connectivity index (χ2v) is 4.39. The quantitative estimate of drug-likeness (QED) is 0.760. The standard InChI is InChI=1S/C12H21N3O/c1-15-11(6-8-14-15)5-7-13-10-12-4-2-3-9-16-12/h6,8,12-13H,2-5,7,9-10H2,1H3. The van der Waals surface area contributed by atoms with Crippen molar-refractivity contribution in [2.75, 3.05) is 19.7 Å². The summed E-state index contributed by atoms with van der Waals surface area (Å²) >= 11 is 0. The SMILES string of the molecule is Cn1nccc1CCNCC1CCCCO1. The van der Waals surface area contributed by atoms with Gasteiger partial charge < -0.3 is 10.1 Å². The van der Waals surface area contributed by atoms with Crippen LogP contribution in [0.15, 0.2) is 12.3 Å². The highest BCUT2D eigenvalue weighted by Crippen LogP contribution is 2.11. The van der Waals surface area contributed by atoms with Crippen LogP contribution in [-0.2, 0) is 18.2 Å². The van der Waals surface area contributed by atoms with Crippen molar-refractivity contribution in [3.63, 3.8) is 0 Å². The van der Waals surface area contributed by atoms with Crippen LogP contribution in [0.3, 0.4) is 0 Å². The summed E-state index contributed by atoms with van der Waals surface area (Å²) in [4.78, 5) is 0. The molecule has 16 heavy (non-hydrogen) atoms. The van der Waals surface area contributed by atoms with Crippen LogP contribution in [-0.4, -0.2) is 35.6 Å². The zero-order chi connectivity index (χ0) is 11.2. The molecule has 1 N–H and O–H groups in total. The number of ether oxygens (including phenoxy) is 1. The third-order valence-electron chi connectivity index (χ3n) is 3.13. The lowest BCUT2D eigenvalue weighted by atomic mass is 10.1. The maximum absolute atomic E-state index is 5.66. The smallest absolute Gasteiger partial charge is 0.0699 e. The minimum absolute atomic E-state index is 0.431. The largest absolute Gasteiger partial charge is 0.377 e. The fraction of sp³-hybridized carbons (Fsp3) is 0.750. The van der Waals surface area contributed by atoms with Crippen molar-refractivity contribution in [1.82, 2.24) is 15.1 Å². The molecule has 1 aliphatic rings. The molecule has 1 atom stereocenters. The molecule has 1 aromatic rings. The zero-order valence-electron chi connectivity index (χ0n) is 9.98. The Morgan fingerprint density at radius 3 is 3.19 bits per heavy atom. The second-order valence-electron chi connectivity index (χ2n) is 4.39. The second kappa shape index (κ2) is 6.01. The van der Waals surface area contributed by atoms with Gasteiger partial charge in [0, 0.05) is 45.1 Å². The molecule has 2 rings (SSSR count). The van der Waals surface area contributed by atoms with Crippen molar-refractivity contribution in [3.8, 4) is 0 Å². The van der Waals surface area contributed by atoms with Gasteiger partial charge in [-0.1, -0.05) is 0 Å². The predicted octanol–water partition coefficient (Wildman–Crippen LogP) is 1.12. The summed E-state index contributed by atoms with van der Waals surface area (Å²) in [6, 6.07) is 2.07. The van der Waals surface area contributed by atoms with E-state index in [-0.39, 0.29) is 0 Å². The lowest BCUT2D eigenvalue weighted by molar-refractivity contribution is 0.0171. The number of hydrogen-bond donors (Lipinski definition) is 1. The van der Waals surface area contributed by atoms with Crippen molar-refractivity contribution in [3.05, 3.63) is 18.0 Å². The molecular weight excluding hydrogens is 202 g/mol. The van der Waals surface area contributed by atoms with Gasteiger partial charge in [-0.2, -0.15) is 5.10 Å². The molecule has 0 radical (unpaired) electrons. The fourth-order valence-electron chi connectivity index (χ4n) is 2.09. The lowest BCUT2D eigenvalue weighted by Crippen LogP contribution is -2.33. The first-order chi connectivity index (χ1) is 7.86. The molecule has 1 unspecified atom stereocenters. The third-order valence-corrected chi connectivity index (χ3v) is 3.13. The van der Waals surface area contributed by atoms with Gasteiger partial charge in [0.15, 0.2) is 0 Å². The van der Waals surface area contributed by atoms with Gasteiger partial charge in [0.2, 0.25) is 0 Å². The summed E-state index contributed by atoms with van der Waals surface area (Å²) in [5.74, 6) is 0. The predicted molar refractivity (Wildman–Crippen MR) is 63.4 cm³/mol. The minimum atomic E-state index is 0.431. The Kier molecular flexibility index (Phi) is 4.36. The summed E-state index contributed by atoms with van der Waals surface area (Å²) in [7, 11) is 1.99. The molecule has 0 aromatic carbocycles. The highest BCUT2D eigenvalue weighted by Gasteiger charge is 2.12. The van der Waals surface area contributed by atoms with Crippen molar-refractivity contribution in [2.24, 2.45) is 7.05 Å². The van der Waals surface area contributed by atoms with E-state index in [9.17, 15) is 0 Å². The van der Waals surface area contributed by atoms with E-state index in [1.807, 2.05) is 17.9 Å².